The first-order valence-corrected chi connectivity index (χ1v) is 6.97. The molecule has 0 heterocycles. The molecule has 0 amide bonds. The smallest absolute Gasteiger partial charge is 0.173 e. The average molecular weight is 278 g/mol. The van der Waals surface area contributed by atoms with Gasteiger partial charge in [0.1, 0.15) is 5.75 Å². The summed E-state index contributed by atoms with van der Waals surface area (Å²) in [5, 5.41) is 11.8. The number of rotatable bonds is 6. The van der Waals surface area contributed by atoms with Crippen molar-refractivity contribution in [2.75, 3.05) is 13.7 Å². The van der Waals surface area contributed by atoms with Crippen LogP contribution in [0, 0.1) is 5.92 Å². The Labute approximate surface area is 119 Å². The molecule has 5 heteroatoms. The SMILES string of the molecule is COc1ccc(COCC2CCCC2)cc1C(N)=NO. The predicted molar refractivity (Wildman–Crippen MR) is 77.1 cm³/mol. The largest absolute Gasteiger partial charge is 0.496 e. The normalized spacial score (nSPS) is 16.6. The van der Waals surface area contributed by atoms with E-state index in [1.54, 1.807) is 7.11 Å². The van der Waals surface area contributed by atoms with Crippen molar-refractivity contribution < 1.29 is 14.7 Å². The molecule has 5 nitrogen and oxygen atoms in total. The summed E-state index contributed by atoms with van der Waals surface area (Å²) >= 11 is 0. The van der Waals surface area contributed by atoms with E-state index in [1.165, 1.54) is 25.7 Å². The summed E-state index contributed by atoms with van der Waals surface area (Å²) in [5.74, 6) is 1.33. The quantitative estimate of drug-likeness (QED) is 0.363. The molecule has 0 radical (unpaired) electrons. The standard InChI is InChI=1S/C15H22N2O3/c1-19-14-7-6-12(8-13(14)15(16)17-18)10-20-9-11-4-2-3-5-11/h6-8,11,18H,2-5,9-10H2,1H3,(H2,16,17). The molecule has 1 aliphatic carbocycles. The fourth-order valence-corrected chi connectivity index (χ4v) is 2.62. The first kappa shape index (κ1) is 14.7. The first-order valence-electron chi connectivity index (χ1n) is 6.97. The maximum Gasteiger partial charge on any atom is 0.173 e. The van der Waals surface area contributed by atoms with E-state index in [4.69, 9.17) is 20.4 Å². The van der Waals surface area contributed by atoms with Gasteiger partial charge in [0.15, 0.2) is 5.84 Å². The fourth-order valence-electron chi connectivity index (χ4n) is 2.62. The maximum absolute atomic E-state index is 8.79. The summed E-state index contributed by atoms with van der Waals surface area (Å²) in [6.07, 6.45) is 5.20. The highest BCUT2D eigenvalue weighted by atomic mass is 16.5. The van der Waals surface area contributed by atoms with E-state index in [0.29, 0.717) is 23.8 Å². The van der Waals surface area contributed by atoms with Gasteiger partial charge in [0.2, 0.25) is 0 Å². The minimum atomic E-state index is 0.0412. The summed E-state index contributed by atoms with van der Waals surface area (Å²) in [7, 11) is 1.56. The minimum absolute atomic E-state index is 0.0412. The van der Waals surface area contributed by atoms with Crippen LogP contribution in [-0.4, -0.2) is 24.8 Å². The molecule has 2 rings (SSSR count). The molecule has 1 fully saturated rings. The molecule has 1 aromatic carbocycles. The summed E-state index contributed by atoms with van der Waals surface area (Å²) in [5.41, 5.74) is 7.22. The lowest BCUT2D eigenvalue weighted by Gasteiger charge is -2.12. The molecule has 0 spiro atoms. The van der Waals surface area contributed by atoms with Crippen LogP contribution in [0.25, 0.3) is 0 Å². The molecule has 0 aliphatic heterocycles. The van der Waals surface area contributed by atoms with E-state index in [1.807, 2.05) is 18.2 Å². The highest BCUT2D eigenvalue weighted by Crippen LogP contribution is 2.25. The van der Waals surface area contributed by atoms with Crippen LogP contribution >= 0.6 is 0 Å². The lowest BCUT2D eigenvalue weighted by Crippen LogP contribution is -2.15. The second-order valence-electron chi connectivity index (χ2n) is 5.19. The van der Waals surface area contributed by atoms with Gasteiger partial charge in [-0.2, -0.15) is 0 Å². The Bertz CT molecular complexity index is 468. The highest BCUT2D eigenvalue weighted by molar-refractivity contribution is 5.99. The molecule has 1 aliphatic rings. The number of oxime groups is 1. The van der Waals surface area contributed by atoms with Crippen molar-refractivity contribution in [2.45, 2.75) is 32.3 Å². The molecule has 1 aromatic rings. The Kier molecular flexibility index (Phi) is 5.24. The van der Waals surface area contributed by atoms with Gasteiger partial charge in [0, 0.05) is 6.61 Å². The van der Waals surface area contributed by atoms with Crippen molar-refractivity contribution >= 4 is 5.84 Å². The summed E-state index contributed by atoms with van der Waals surface area (Å²) in [4.78, 5) is 0. The molecule has 0 unspecified atom stereocenters. The molecule has 0 aromatic heterocycles. The number of nitrogens with two attached hydrogens (primary N) is 1. The Morgan fingerprint density at radius 2 is 2.15 bits per heavy atom. The van der Waals surface area contributed by atoms with E-state index in [-0.39, 0.29) is 5.84 Å². The Morgan fingerprint density at radius 1 is 1.40 bits per heavy atom. The van der Waals surface area contributed by atoms with Gasteiger partial charge in [-0.1, -0.05) is 24.1 Å². The van der Waals surface area contributed by atoms with Crippen LogP contribution in [0.2, 0.25) is 0 Å². The van der Waals surface area contributed by atoms with Gasteiger partial charge in [-0.05, 0) is 36.5 Å². The lowest BCUT2D eigenvalue weighted by molar-refractivity contribution is 0.0888. The summed E-state index contributed by atoms with van der Waals surface area (Å²) < 4.78 is 11.0. The molecular weight excluding hydrogens is 256 g/mol. The van der Waals surface area contributed by atoms with Crippen molar-refractivity contribution in [2.24, 2.45) is 16.8 Å². The molecule has 0 bridgehead atoms. The number of hydrogen-bond acceptors (Lipinski definition) is 4. The van der Waals surface area contributed by atoms with E-state index in [2.05, 4.69) is 5.16 Å². The van der Waals surface area contributed by atoms with Gasteiger partial charge in [-0.25, -0.2) is 0 Å². The van der Waals surface area contributed by atoms with Crippen molar-refractivity contribution in [3.8, 4) is 5.75 Å². The Hall–Kier alpha value is -1.75. The Balaban J connectivity index is 1.97. The van der Waals surface area contributed by atoms with E-state index in [0.717, 1.165) is 12.2 Å². The van der Waals surface area contributed by atoms with Crippen LogP contribution in [0.1, 0.15) is 36.8 Å². The van der Waals surface area contributed by atoms with Crippen molar-refractivity contribution in [1.29, 1.82) is 0 Å². The first-order chi connectivity index (χ1) is 9.74. The molecule has 3 N–H and O–H groups in total. The second-order valence-corrected chi connectivity index (χ2v) is 5.19. The number of benzene rings is 1. The third-order valence-corrected chi connectivity index (χ3v) is 3.74. The fraction of sp³-hybridized carbons (Fsp3) is 0.533. The zero-order chi connectivity index (χ0) is 14.4. The predicted octanol–water partition coefficient (Wildman–Crippen LogP) is 2.50. The summed E-state index contributed by atoms with van der Waals surface area (Å²) in [6.45, 7) is 1.34. The van der Waals surface area contributed by atoms with Crippen LogP contribution in [0.3, 0.4) is 0 Å². The van der Waals surface area contributed by atoms with Crippen LogP contribution in [0.4, 0.5) is 0 Å². The number of nitrogens with zero attached hydrogens (tertiary/aromatic N) is 1. The monoisotopic (exact) mass is 278 g/mol. The van der Waals surface area contributed by atoms with E-state index in [9.17, 15) is 0 Å². The number of hydrogen-bond donors (Lipinski definition) is 2. The van der Waals surface area contributed by atoms with E-state index < -0.39 is 0 Å². The average Bonchev–Trinajstić information content (AvgIpc) is 2.99. The van der Waals surface area contributed by atoms with Crippen LogP contribution in [-0.2, 0) is 11.3 Å². The molecule has 20 heavy (non-hydrogen) atoms. The molecule has 110 valence electrons. The van der Waals surface area contributed by atoms with Gasteiger partial charge < -0.3 is 20.4 Å². The van der Waals surface area contributed by atoms with Gasteiger partial charge in [0.05, 0.1) is 19.3 Å². The Morgan fingerprint density at radius 3 is 2.80 bits per heavy atom. The lowest BCUT2D eigenvalue weighted by atomic mass is 10.1. The van der Waals surface area contributed by atoms with Gasteiger partial charge in [0.25, 0.3) is 0 Å². The third kappa shape index (κ3) is 3.63. The molecule has 0 saturated heterocycles. The zero-order valence-electron chi connectivity index (χ0n) is 11.8. The number of methoxy groups -OCH3 is 1. The van der Waals surface area contributed by atoms with Gasteiger partial charge >= 0.3 is 0 Å². The molecule has 0 atom stereocenters. The van der Waals surface area contributed by atoms with Crippen molar-refractivity contribution in [3.05, 3.63) is 29.3 Å². The topological polar surface area (TPSA) is 77.1 Å². The van der Waals surface area contributed by atoms with E-state index >= 15 is 0 Å². The highest BCUT2D eigenvalue weighted by Gasteiger charge is 2.15. The molecular formula is C15H22N2O3. The van der Waals surface area contributed by atoms with Crippen molar-refractivity contribution in [1.82, 2.24) is 0 Å². The van der Waals surface area contributed by atoms with Crippen LogP contribution in [0.15, 0.2) is 23.4 Å². The van der Waals surface area contributed by atoms with Crippen LogP contribution < -0.4 is 10.5 Å². The summed E-state index contributed by atoms with van der Waals surface area (Å²) in [6, 6.07) is 5.58. The van der Waals surface area contributed by atoms with Gasteiger partial charge in [-0.15, -0.1) is 0 Å². The minimum Gasteiger partial charge on any atom is -0.496 e. The maximum atomic E-state index is 8.79. The zero-order valence-corrected chi connectivity index (χ0v) is 11.8. The van der Waals surface area contributed by atoms with Crippen molar-refractivity contribution in [3.63, 3.8) is 0 Å². The number of ether oxygens (including phenoxy) is 2. The number of amidine groups is 1. The van der Waals surface area contributed by atoms with Crippen LogP contribution in [0.5, 0.6) is 5.75 Å². The van der Waals surface area contributed by atoms with Gasteiger partial charge in [-0.3, -0.25) is 0 Å². The third-order valence-electron chi connectivity index (χ3n) is 3.74. The molecule has 1 saturated carbocycles. The second kappa shape index (κ2) is 7.14.